The highest BCUT2D eigenvalue weighted by Gasteiger charge is 2.22. The van der Waals surface area contributed by atoms with Crippen LogP contribution in [0.3, 0.4) is 0 Å². The zero-order chi connectivity index (χ0) is 8.72. The smallest absolute Gasteiger partial charge is 0.124 e. The number of halogens is 2. The molecule has 0 aromatic heterocycles. The van der Waals surface area contributed by atoms with E-state index in [4.69, 9.17) is 17.3 Å². The maximum atomic E-state index is 12.8. The third-order valence-corrected chi connectivity index (χ3v) is 2.59. The molecule has 2 N–H and O–H groups in total. The molecule has 1 atom stereocenters. The van der Waals surface area contributed by atoms with E-state index < -0.39 is 0 Å². The van der Waals surface area contributed by atoms with Gasteiger partial charge in [-0.3, -0.25) is 0 Å². The maximum absolute atomic E-state index is 12.8. The van der Waals surface area contributed by atoms with Crippen molar-refractivity contribution in [2.24, 2.45) is 5.73 Å². The second kappa shape index (κ2) is 2.71. The van der Waals surface area contributed by atoms with Gasteiger partial charge in [0.15, 0.2) is 0 Å². The minimum absolute atomic E-state index is 0.00639. The van der Waals surface area contributed by atoms with Gasteiger partial charge in [-0.1, -0.05) is 11.6 Å². The van der Waals surface area contributed by atoms with Crippen LogP contribution in [0, 0.1) is 5.82 Å². The molecule has 0 spiro atoms. The van der Waals surface area contributed by atoms with Crippen molar-refractivity contribution in [3.8, 4) is 0 Å². The lowest BCUT2D eigenvalue weighted by molar-refractivity contribution is 0.626. The van der Waals surface area contributed by atoms with Crippen molar-refractivity contribution in [3.63, 3.8) is 0 Å². The van der Waals surface area contributed by atoms with Gasteiger partial charge in [0, 0.05) is 11.1 Å². The van der Waals surface area contributed by atoms with Crippen molar-refractivity contribution in [1.29, 1.82) is 0 Å². The number of rotatable bonds is 0. The maximum Gasteiger partial charge on any atom is 0.124 e. The van der Waals surface area contributed by atoms with Crippen molar-refractivity contribution in [3.05, 3.63) is 34.1 Å². The van der Waals surface area contributed by atoms with E-state index in [1.807, 2.05) is 0 Å². The molecule has 12 heavy (non-hydrogen) atoms. The van der Waals surface area contributed by atoms with Gasteiger partial charge in [-0.05, 0) is 36.1 Å². The van der Waals surface area contributed by atoms with E-state index in [1.54, 1.807) is 0 Å². The van der Waals surface area contributed by atoms with Crippen molar-refractivity contribution >= 4 is 11.6 Å². The Hall–Kier alpha value is -0.600. The Bertz CT molecular complexity index is 325. The van der Waals surface area contributed by atoms with Crippen LogP contribution >= 0.6 is 11.6 Å². The molecule has 0 heterocycles. The third-order valence-electron chi connectivity index (χ3n) is 2.28. The van der Waals surface area contributed by atoms with Crippen LogP contribution < -0.4 is 5.73 Å². The van der Waals surface area contributed by atoms with E-state index in [9.17, 15) is 4.39 Å². The first-order valence-electron chi connectivity index (χ1n) is 3.92. The molecule has 0 saturated carbocycles. The number of aryl methyl sites for hydroxylation is 1. The summed E-state index contributed by atoms with van der Waals surface area (Å²) in [6.45, 7) is 0. The highest BCUT2D eigenvalue weighted by atomic mass is 35.5. The fourth-order valence-electron chi connectivity index (χ4n) is 1.72. The van der Waals surface area contributed by atoms with Crippen molar-refractivity contribution < 1.29 is 4.39 Å². The van der Waals surface area contributed by atoms with E-state index in [-0.39, 0.29) is 11.9 Å². The van der Waals surface area contributed by atoms with E-state index in [1.165, 1.54) is 12.1 Å². The lowest BCUT2D eigenvalue weighted by Gasteiger charge is -2.06. The van der Waals surface area contributed by atoms with E-state index >= 15 is 0 Å². The molecule has 1 aromatic carbocycles. The highest BCUT2D eigenvalue weighted by Crippen LogP contribution is 2.35. The molecule has 3 heteroatoms. The fourth-order valence-corrected chi connectivity index (χ4v) is 2.08. The van der Waals surface area contributed by atoms with Crippen molar-refractivity contribution in [2.75, 3.05) is 0 Å². The normalized spacial score (nSPS) is 21.1. The average molecular weight is 186 g/mol. The summed E-state index contributed by atoms with van der Waals surface area (Å²) in [6.07, 6.45) is 1.71. The zero-order valence-electron chi connectivity index (χ0n) is 6.48. The molecule has 0 unspecified atom stereocenters. The first-order valence-corrected chi connectivity index (χ1v) is 4.29. The molecular formula is C9H9ClFN. The molecule has 2 rings (SSSR count). The van der Waals surface area contributed by atoms with Crippen molar-refractivity contribution in [1.82, 2.24) is 0 Å². The van der Waals surface area contributed by atoms with Gasteiger partial charge in [0.2, 0.25) is 0 Å². The lowest BCUT2D eigenvalue weighted by Crippen LogP contribution is -2.05. The molecule has 1 nitrogen and oxygen atoms in total. The fraction of sp³-hybridized carbons (Fsp3) is 0.333. The number of hydrogen-bond acceptors (Lipinski definition) is 1. The molecule has 1 aliphatic rings. The summed E-state index contributed by atoms with van der Waals surface area (Å²) in [4.78, 5) is 0. The van der Waals surface area contributed by atoms with Gasteiger partial charge >= 0.3 is 0 Å². The summed E-state index contributed by atoms with van der Waals surface area (Å²) in [5, 5.41) is 0.468. The Morgan fingerprint density at radius 2 is 2.25 bits per heavy atom. The molecule has 0 radical (unpaired) electrons. The molecule has 0 saturated heterocycles. The Kier molecular flexibility index (Phi) is 1.81. The quantitative estimate of drug-likeness (QED) is 0.660. The van der Waals surface area contributed by atoms with Gasteiger partial charge in [0.25, 0.3) is 0 Å². The Morgan fingerprint density at radius 1 is 1.50 bits per heavy atom. The van der Waals surface area contributed by atoms with E-state index in [0.717, 1.165) is 24.0 Å². The van der Waals surface area contributed by atoms with Gasteiger partial charge in [-0.2, -0.15) is 0 Å². The largest absolute Gasteiger partial charge is 0.324 e. The van der Waals surface area contributed by atoms with E-state index in [0.29, 0.717) is 5.02 Å². The number of hydrogen-bond donors (Lipinski definition) is 1. The van der Waals surface area contributed by atoms with Crippen LogP contribution in [-0.4, -0.2) is 0 Å². The summed E-state index contributed by atoms with van der Waals surface area (Å²) in [5.74, 6) is -0.271. The molecule has 1 aromatic rings. The van der Waals surface area contributed by atoms with Gasteiger partial charge in [0.1, 0.15) is 5.82 Å². The lowest BCUT2D eigenvalue weighted by atomic mass is 10.1. The SMILES string of the molecule is N[C@H]1CCc2cc(F)cc(Cl)c21. The number of benzene rings is 1. The van der Waals surface area contributed by atoms with Crippen LogP contribution in [-0.2, 0) is 6.42 Å². The molecular weight excluding hydrogens is 177 g/mol. The topological polar surface area (TPSA) is 26.0 Å². The standard InChI is InChI=1S/C9H9ClFN/c10-7-4-6(11)3-5-1-2-8(12)9(5)7/h3-4,8H,1-2,12H2/t8-/m0/s1. The number of fused-ring (bicyclic) bond motifs is 1. The van der Waals surface area contributed by atoms with Crippen molar-refractivity contribution in [2.45, 2.75) is 18.9 Å². The van der Waals surface area contributed by atoms with Crippen LogP contribution in [0.1, 0.15) is 23.6 Å². The Morgan fingerprint density at radius 3 is 3.00 bits per heavy atom. The summed E-state index contributed by atoms with van der Waals surface area (Å²) in [7, 11) is 0. The highest BCUT2D eigenvalue weighted by molar-refractivity contribution is 6.31. The van der Waals surface area contributed by atoms with Gasteiger partial charge < -0.3 is 5.73 Å². The molecule has 0 bridgehead atoms. The molecule has 0 aliphatic heterocycles. The monoisotopic (exact) mass is 185 g/mol. The minimum Gasteiger partial charge on any atom is -0.324 e. The average Bonchev–Trinajstić information content (AvgIpc) is 2.31. The van der Waals surface area contributed by atoms with Gasteiger partial charge in [-0.15, -0.1) is 0 Å². The Balaban J connectivity index is 2.60. The first kappa shape index (κ1) is 8.02. The molecule has 1 aliphatic carbocycles. The van der Waals surface area contributed by atoms with Crippen LogP contribution in [0.15, 0.2) is 12.1 Å². The predicted molar refractivity (Wildman–Crippen MR) is 46.7 cm³/mol. The van der Waals surface area contributed by atoms with Crippen LogP contribution in [0.25, 0.3) is 0 Å². The van der Waals surface area contributed by atoms with Crippen LogP contribution in [0.4, 0.5) is 4.39 Å². The first-order chi connectivity index (χ1) is 5.68. The van der Waals surface area contributed by atoms with Gasteiger partial charge in [-0.25, -0.2) is 4.39 Å². The predicted octanol–water partition coefficient (Wildman–Crippen LogP) is 2.43. The summed E-state index contributed by atoms with van der Waals surface area (Å²) in [5.41, 5.74) is 7.68. The van der Waals surface area contributed by atoms with Gasteiger partial charge in [0.05, 0.1) is 0 Å². The number of nitrogens with two attached hydrogens (primary N) is 1. The summed E-state index contributed by atoms with van der Waals surface area (Å²) < 4.78 is 12.8. The Labute approximate surface area is 75.3 Å². The van der Waals surface area contributed by atoms with E-state index in [2.05, 4.69) is 0 Å². The minimum atomic E-state index is -0.271. The molecule has 0 amide bonds. The van der Waals surface area contributed by atoms with Crippen LogP contribution in [0.5, 0.6) is 0 Å². The summed E-state index contributed by atoms with van der Waals surface area (Å²) >= 11 is 5.85. The third kappa shape index (κ3) is 1.11. The molecule has 0 fully saturated rings. The van der Waals surface area contributed by atoms with Crippen LogP contribution in [0.2, 0.25) is 5.02 Å². The second-order valence-corrected chi connectivity index (χ2v) is 3.51. The second-order valence-electron chi connectivity index (χ2n) is 3.11. The summed E-state index contributed by atoms with van der Waals surface area (Å²) in [6, 6.07) is 2.84. The zero-order valence-corrected chi connectivity index (χ0v) is 7.24. The molecule has 64 valence electrons.